The Morgan fingerprint density at radius 2 is 1.64 bits per heavy atom. The van der Waals surface area contributed by atoms with Gasteiger partial charge in [-0.1, -0.05) is 19.8 Å². The first-order chi connectivity index (χ1) is 6.50. The molecule has 0 saturated carbocycles. The molecule has 0 aromatic carbocycles. The monoisotopic (exact) mass is 219 g/mol. The summed E-state index contributed by atoms with van der Waals surface area (Å²) in [4.78, 5) is 0. The van der Waals surface area contributed by atoms with E-state index in [-0.39, 0.29) is 0 Å². The molecule has 4 heteroatoms. The first-order valence-corrected chi connectivity index (χ1v) is 7.30. The molecule has 0 amide bonds. The van der Waals surface area contributed by atoms with Crippen molar-refractivity contribution in [3.63, 3.8) is 0 Å². The minimum atomic E-state index is -2.97. The van der Waals surface area contributed by atoms with Crippen molar-refractivity contribution < 1.29 is 8.42 Å². The summed E-state index contributed by atoms with van der Waals surface area (Å²) in [6.45, 7) is 3.69. The molecule has 0 aromatic heterocycles. The summed E-state index contributed by atoms with van der Waals surface area (Å²) >= 11 is 0. The van der Waals surface area contributed by atoms with Gasteiger partial charge in [-0.2, -0.15) is 0 Å². The highest BCUT2D eigenvalue weighted by molar-refractivity contribution is 7.88. The van der Waals surface area contributed by atoms with Gasteiger partial charge in [0, 0.05) is 13.1 Å². The first-order valence-electron chi connectivity index (χ1n) is 5.45. The topological polar surface area (TPSA) is 37.4 Å². The van der Waals surface area contributed by atoms with Crippen LogP contribution in [0.4, 0.5) is 0 Å². The van der Waals surface area contributed by atoms with Gasteiger partial charge in [0.05, 0.1) is 6.26 Å². The molecule has 3 nitrogen and oxygen atoms in total. The largest absolute Gasteiger partial charge is 0.213 e. The molecule has 0 aromatic rings. The average Bonchev–Trinajstić information content (AvgIpc) is 2.15. The highest BCUT2D eigenvalue weighted by Crippen LogP contribution is 2.18. The van der Waals surface area contributed by atoms with Crippen LogP contribution in [0.1, 0.15) is 39.0 Å². The van der Waals surface area contributed by atoms with Crippen LogP contribution in [0, 0.1) is 5.92 Å². The Balaban J connectivity index is 2.54. The molecule has 0 N–H and O–H groups in total. The van der Waals surface area contributed by atoms with Crippen molar-refractivity contribution in [1.82, 2.24) is 4.31 Å². The van der Waals surface area contributed by atoms with Crippen molar-refractivity contribution in [2.24, 2.45) is 5.92 Å². The lowest BCUT2D eigenvalue weighted by atomic mass is 10.00. The summed E-state index contributed by atoms with van der Waals surface area (Å²) in [6.07, 6.45) is 6.90. The zero-order valence-corrected chi connectivity index (χ0v) is 10.0. The summed E-state index contributed by atoms with van der Waals surface area (Å²) in [6, 6.07) is 0. The van der Waals surface area contributed by atoms with Crippen molar-refractivity contribution in [2.45, 2.75) is 39.0 Å². The SMILES string of the molecule is CC1CCCCN(S(C)(=O)=O)CCC1. The van der Waals surface area contributed by atoms with Crippen LogP contribution in [-0.2, 0) is 10.0 Å². The number of sulfonamides is 1. The summed E-state index contributed by atoms with van der Waals surface area (Å²) in [5, 5.41) is 0. The lowest BCUT2D eigenvalue weighted by Gasteiger charge is -2.18. The molecule has 1 rings (SSSR count). The van der Waals surface area contributed by atoms with E-state index >= 15 is 0 Å². The molecule has 0 spiro atoms. The summed E-state index contributed by atoms with van der Waals surface area (Å²) in [5.41, 5.74) is 0. The van der Waals surface area contributed by atoms with Gasteiger partial charge in [-0.3, -0.25) is 0 Å². The highest BCUT2D eigenvalue weighted by Gasteiger charge is 2.17. The number of hydrogen-bond acceptors (Lipinski definition) is 2. The van der Waals surface area contributed by atoms with E-state index in [1.54, 1.807) is 4.31 Å². The third-order valence-electron chi connectivity index (χ3n) is 2.93. The van der Waals surface area contributed by atoms with E-state index < -0.39 is 10.0 Å². The van der Waals surface area contributed by atoms with Crippen LogP contribution in [-0.4, -0.2) is 32.1 Å². The van der Waals surface area contributed by atoms with Crippen LogP contribution in [0.2, 0.25) is 0 Å². The minimum absolute atomic E-state index is 0.711. The fraction of sp³-hybridized carbons (Fsp3) is 1.00. The quantitative estimate of drug-likeness (QED) is 0.675. The van der Waals surface area contributed by atoms with Crippen molar-refractivity contribution in [3.05, 3.63) is 0 Å². The van der Waals surface area contributed by atoms with Gasteiger partial charge in [0.2, 0.25) is 10.0 Å². The maximum Gasteiger partial charge on any atom is 0.211 e. The van der Waals surface area contributed by atoms with Gasteiger partial charge in [0.25, 0.3) is 0 Å². The Hall–Kier alpha value is -0.0900. The van der Waals surface area contributed by atoms with E-state index in [0.29, 0.717) is 13.1 Å². The first kappa shape index (κ1) is 12.0. The second-order valence-corrected chi connectivity index (χ2v) is 6.39. The average molecular weight is 219 g/mol. The molecule has 14 heavy (non-hydrogen) atoms. The molecule has 0 bridgehead atoms. The normalized spacial score (nSPS) is 27.7. The van der Waals surface area contributed by atoms with E-state index in [4.69, 9.17) is 0 Å². The molecule has 1 saturated heterocycles. The number of rotatable bonds is 1. The fourth-order valence-corrected chi connectivity index (χ4v) is 2.91. The molecule has 84 valence electrons. The van der Waals surface area contributed by atoms with E-state index in [9.17, 15) is 8.42 Å². The Kier molecular flexibility index (Phi) is 4.38. The van der Waals surface area contributed by atoms with Gasteiger partial charge in [-0.15, -0.1) is 0 Å². The number of nitrogens with zero attached hydrogens (tertiary/aromatic N) is 1. The summed E-state index contributed by atoms with van der Waals surface area (Å²) in [7, 11) is -2.97. The number of hydrogen-bond donors (Lipinski definition) is 0. The maximum atomic E-state index is 11.4. The molecule has 1 atom stereocenters. The van der Waals surface area contributed by atoms with Gasteiger partial charge in [-0.05, 0) is 25.2 Å². The van der Waals surface area contributed by atoms with Crippen LogP contribution < -0.4 is 0 Å². The van der Waals surface area contributed by atoms with Crippen LogP contribution in [0.5, 0.6) is 0 Å². The van der Waals surface area contributed by atoms with Gasteiger partial charge in [0.1, 0.15) is 0 Å². The smallest absolute Gasteiger partial charge is 0.211 e. The standard InChI is InChI=1S/C10H21NO2S/c1-10-6-3-4-8-11(9-5-7-10)14(2,12)13/h10H,3-9H2,1-2H3. The molecule has 1 aliphatic rings. The van der Waals surface area contributed by atoms with Crippen molar-refractivity contribution >= 4 is 10.0 Å². The van der Waals surface area contributed by atoms with Crippen molar-refractivity contribution in [1.29, 1.82) is 0 Å². The van der Waals surface area contributed by atoms with Crippen LogP contribution in [0.25, 0.3) is 0 Å². The van der Waals surface area contributed by atoms with Crippen molar-refractivity contribution in [3.8, 4) is 0 Å². The third kappa shape index (κ3) is 3.96. The molecule has 1 heterocycles. The summed E-state index contributed by atoms with van der Waals surface area (Å²) in [5.74, 6) is 0.759. The molecular formula is C10H21NO2S. The molecule has 0 radical (unpaired) electrons. The molecule has 1 fully saturated rings. The molecule has 1 unspecified atom stereocenters. The van der Waals surface area contributed by atoms with Crippen molar-refractivity contribution in [2.75, 3.05) is 19.3 Å². The van der Waals surface area contributed by atoms with Crippen LogP contribution in [0.3, 0.4) is 0 Å². The maximum absolute atomic E-state index is 11.4. The zero-order valence-electron chi connectivity index (χ0n) is 9.20. The Bertz CT molecular complexity index is 261. The lowest BCUT2D eigenvalue weighted by Crippen LogP contribution is -2.31. The van der Waals surface area contributed by atoms with Gasteiger partial charge < -0.3 is 0 Å². The molecule has 0 aliphatic carbocycles. The van der Waals surface area contributed by atoms with Gasteiger partial charge >= 0.3 is 0 Å². The Labute approximate surface area is 87.5 Å². The van der Waals surface area contributed by atoms with Gasteiger partial charge in [-0.25, -0.2) is 12.7 Å². The lowest BCUT2D eigenvalue weighted by molar-refractivity contribution is 0.401. The van der Waals surface area contributed by atoms with E-state index in [2.05, 4.69) is 6.92 Å². The predicted octanol–water partition coefficient (Wildman–Crippen LogP) is 1.85. The third-order valence-corrected chi connectivity index (χ3v) is 4.23. The Morgan fingerprint density at radius 1 is 1.07 bits per heavy atom. The highest BCUT2D eigenvalue weighted by atomic mass is 32.2. The minimum Gasteiger partial charge on any atom is -0.213 e. The van der Waals surface area contributed by atoms with E-state index in [1.165, 1.54) is 12.7 Å². The predicted molar refractivity (Wildman–Crippen MR) is 58.7 cm³/mol. The van der Waals surface area contributed by atoms with E-state index in [1.807, 2.05) is 0 Å². The Morgan fingerprint density at radius 3 is 2.29 bits per heavy atom. The summed E-state index contributed by atoms with van der Waals surface area (Å²) < 4.78 is 24.4. The molecular weight excluding hydrogens is 198 g/mol. The fourth-order valence-electron chi connectivity index (χ4n) is 1.98. The van der Waals surface area contributed by atoms with Crippen LogP contribution >= 0.6 is 0 Å². The second kappa shape index (κ2) is 5.12. The van der Waals surface area contributed by atoms with Crippen LogP contribution in [0.15, 0.2) is 0 Å². The van der Waals surface area contributed by atoms with Gasteiger partial charge in [0.15, 0.2) is 0 Å². The zero-order chi connectivity index (χ0) is 10.6. The molecule has 1 aliphatic heterocycles. The second-order valence-electron chi connectivity index (χ2n) is 4.41. The van der Waals surface area contributed by atoms with E-state index in [0.717, 1.165) is 31.6 Å².